The summed E-state index contributed by atoms with van der Waals surface area (Å²) < 4.78 is 11.0. The first kappa shape index (κ1) is 14.0. The molecule has 0 amide bonds. The Labute approximate surface area is 104 Å². The van der Waals surface area contributed by atoms with Crippen molar-refractivity contribution in [3.8, 4) is 5.75 Å². The van der Waals surface area contributed by atoms with Gasteiger partial charge in [-0.2, -0.15) is 0 Å². The van der Waals surface area contributed by atoms with E-state index in [2.05, 4.69) is 0 Å². The van der Waals surface area contributed by atoms with E-state index in [1.54, 1.807) is 0 Å². The van der Waals surface area contributed by atoms with Crippen LogP contribution in [0.3, 0.4) is 0 Å². The molecule has 0 heterocycles. The smallest absolute Gasteiger partial charge is 0.119 e. The van der Waals surface area contributed by atoms with E-state index in [4.69, 9.17) is 15.2 Å². The van der Waals surface area contributed by atoms with Gasteiger partial charge in [0, 0.05) is 6.61 Å². The minimum absolute atomic E-state index is 0.618. The summed E-state index contributed by atoms with van der Waals surface area (Å²) in [6.45, 7) is 2.90. The molecule has 1 aromatic rings. The summed E-state index contributed by atoms with van der Waals surface area (Å²) in [5, 5.41) is 0. The molecule has 3 nitrogen and oxygen atoms in total. The van der Waals surface area contributed by atoms with Crippen molar-refractivity contribution in [1.82, 2.24) is 0 Å². The van der Waals surface area contributed by atoms with Gasteiger partial charge in [0.25, 0.3) is 0 Å². The van der Waals surface area contributed by atoms with Crippen molar-refractivity contribution in [2.75, 3.05) is 26.4 Å². The summed E-state index contributed by atoms with van der Waals surface area (Å²) >= 11 is 0. The topological polar surface area (TPSA) is 44.5 Å². The van der Waals surface area contributed by atoms with E-state index < -0.39 is 0 Å². The van der Waals surface area contributed by atoms with E-state index in [1.165, 1.54) is 12.8 Å². The lowest BCUT2D eigenvalue weighted by Gasteiger charge is -2.06. The number of nitrogens with two attached hydrogens (primary N) is 1. The van der Waals surface area contributed by atoms with Gasteiger partial charge in [-0.1, -0.05) is 31.0 Å². The van der Waals surface area contributed by atoms with Crippen molar-refractivity contribution in [1.29, 1.82) is 0 Å². The molecule has 0 fully saturated rings. The van der Waals surface area contributed by atoms with Gasteiger partial charge in [0.1, 0.15) is 12.4 Å². The summed E-state index contributed by atoms with van der Waals surface area (Å²) in [4.78, 5) is 0. The fourth-order valence-electron chi connectivity index (χ4n) is 1.54. The maximum Gasteiger partial charge on any atom is 0.119 e. The Bertz CT molecular complexity index is 264. The van der Waals surface area contributed by atoms with E-state index in [0.717, 1.165) is 31.7 Å². The molecule has 0 aliphatic heterocycles. The molecular weight excluding hydrogens is 214 g/mol. The van der Waals surface area contributed by atoms with Gasteiger partial charge >= 0.3 is 0 Å². The number of hydrogen-bond donors (Lipinski definition) is 1. The van der Waals surface area contributed by atoms with Crippen molar-refractivity contribution in [3.63, 3.8) is 0 Å². The standard InChI is InChI=1S/C14H23NO2/c15-10-6-1-2-7-11-16-12-13-17-14-8-4-3-5-9-14/h3-5,8-9H,1-2,6-7,10-13,15H2. The first-order valence-electron chi connectivity index (χ1n) is 6.39. The van der Waals surface area contributed by atoms with Crippen LogP contribution >= 0.6 is 0 Å². The van der Waals surface area contributed by atoms with Crippen LogP contribution in [0.4, 0.5) is 0 Å². The Kier molecular flexibility index (Phi) is 8.33. The van der Waals surface area contributed by atoms with Crippen LogP contribution in [-0.2, 0) is 4.74 Å². The molecule has 0 aliphatic carbocycles. The normalized spacial score (nSPS) is 10.4. The summed E-state index contributed by atoms with van der Waals surface area (Å²) in [5.74, 6) is 0.902. The van der Waals surface area contributed by atoms with E-state index in [1.807, 2.05) is 30.3 Å². The Morgan fingerprint density at radius 2 is 1.59 bits per heavy atom. The van der Waals surface area contributed by atoms with E-state index in [9.17, 15) is 0 Å². The fraction of sp³-hybridized carbons (Fsp3) is 0.571. The maximum absolute atomic E-state index is 5.51. The number of unbranched alkanes of at least 4 members (excludes halogenated alkanes) is 3. The number of benzene rings is 1. The molecule has 17 heavy (non-hydrogen) atoms. The molecule has 0 spiro atoms. The van der Waals surface area contributed by atoms with E-state index >= 15 is 0 Å². The minimum atomic E-state index is 0.618. The molecular formula is C14H23NO2. The zero-order valence-electron chi connectivity index (χ0n) is 10.4. The Hall–Kier alpha value is -1.06. The van der Waals surface area contributed by atoms with Crippen molar-refractivity contribution in [2.24, 2.45) is 5.73 Å². The molecule has 0 radical (unpaired) electrons. The lowest BCUT2D eigenvalue weighted by molar-refractivity contribution is 0.0971. The van der Waals surface area contributed by atoms with Gasteiger partial charge in [0.15, 0.2) is 0 Å². The van der Waals surface area contributed by atoms with Gasteiger partial charge in [-0.3, -0.25) is 0 Å². The predicted molar refractivity (Wildman–Crippen MR) is 70.3 cm³/mol. The van der Waals surface area contributed by atoms with Gasteiger partial charge in [0.05, 0.1) is 6.61 Å². The van der Waals surface area contributed by atoms with Crippen LogP contribution in [-0.4, -0.2) is 26.4 Å². The van der Waals surface area contributed by atoms with Gasteiger partial charge in [0.2, 0.25) is 0 Å². The van der Waals surface area contributed by atoms with Crippen LogP contribution < -0.4 is 10.5 Å². The highest BCUT2D eigenvalue weighted by atomic mass is 16.5. The molecule has 2 N–H and O–H groups in total. The van der Waals surface area contributed by atoms with Crippen LogP contribution in [0.2, 0.25) is 0 Å². The third kappa shape index (κ3) is 7.77. The largest absolute Gasteiger partial charge is 0.491 e. The monoisotopic (exact) mass is 237 g/mol. The number of rotatable bonds is 10. The Balaban J connectivity index is 1.85. The zero-order chi connectivity index (χ0) is 12.2. The first-order chi connectivity index (χ1) is 8.43. The Morgan fingerprint density at radius 3 is 2.35 bits per heavy atom. The average molecular weight is 237 g/mol. The summed E-state index contributed by atoms with van der Waals surface area (Å²) in [5.41, 5.74) is 5.42. The van der Waals surface area contributed by atoms with Crippen LogP contribution in [0.15, 0.2) is 30.3 Å². The molecule has 0 aliphatic rings. The van der Waals surface area contributed by atoms with Crippen molar-refractivity contribution < 1.29 is 9.47 Å². The Morgan fingerprint density at radius 1 is 0.824 bits per heavy atom. The van der Waals surface area contributed by atoms with Crippen LogP contribution in [0.25, 0.3) is 0 Å². The number of ether oxygens (including phenoxy) is 2. The van der Waals surface area contributed by atoms with Crippen molar-refractivity contribution in [2.45, 2.75) is 25.7 Å². The molecule has 0 saturated heterocycles. The first-order valence-corrected chi connectivity index (χ1v) is 6.39. The van der Waals surface area contributed by atoms with Gasteiger partial charge in [-0.15, -0.1) is 0 Å². The highest BCUT2D eigenvalue weighted by molar-refractivity contribution is 5.20. The molecule has 1 aromatic carbocycles. The number of hydrogen-bond acceptors (Lipinski definition) is 3. The molecule has 96 valence electrons. The zero-order valence-corrected chi connectivity index (χ0v) is 10.4. The maximum atomic E-state index is 5.51. The molecule has 0 saturated carbocycles. The van der Waals surface area contributed by atoms with E-state index in [0.29, 0.717) is 13.2 Å². The summed E-state index contributed by atoms with van der Waals surface area (Å²) in [7, 11) is 0. The lowest BCUT2D eigenvalue weighted by Crippen LogP contribution is -2.07. The number of para-hydroxylation sites is 1. The van der Waals surface area contributed by atoms with E-state index in [-0.39, 0.29) is 0 Å². The highest BCUT2D eigenvalue weighted by Crippen LogP contribution is 2.07. The average Bonchev–Trinajstić information content (AvgIpc) is 2.38. The molecule has 0 atom stereocenters. The van der Waals surface area contributed by atoms with Crippen LogP contribution in [0, 0.1) is 0 Å². The molecule has 0 bridgehead atoms. The SMILES string of the molecule is NCCCCCCOCCOc1ccccc1. The van der Waals surface area contributed by atoms with Crippen LogP contribution in [0.5, 0.6) is 5.75 Å². The van der Waals surface area contributed by atoms with Gasteiger partial charge in [-0.25, -0.2) is 0 Å². The lowest BCUT2D eigenvalue weighted by atomic mass is 10.2. The van der Waals surface area contributed by atoms with Crippen molar-refractivity contribution in [3.05, 3.63) is 30.3 Å². The summed E-state index contributed by atoms with van der Waals surface area (Å²) in [6, 6.07) is 9.81. The quantitative estimate of drug-likeness (QED) is 0.636. The fourth-order valence-corrected chi connectivity index (χ4v) is 1.54. The van der Waals surface area contributed by atoms with Gasteiger partial charge < -0.3 is 15.2 Å². The third-order valence-electron chi connectivity index (χ3n) is 2.48. The predicted octanol–water partition coefficient (Wildman–Crippen LogP) is 2.60. The highest BCUT2D eigenvalue weighted by Gasteiger charge is 1.93. The minimum Gasteiger partial charge on any atom is -0.491 e. The second-order valence-electron chi connectivity index (χ2n) is 3.98. The van der Waals surface area contributed by atoms with Crippen molar-refractivity contribution >= 4 is 0 Å². The molecule has 3 heteroatoms. The van der Waals surface area contributed by atoms with Crippen LogP contribution in [0.1, 0.15) is 25.7 Å². The second kappa shape index (κ2) is 10.1. The summed E-state index contributed by atoms with van der Waals surface area (Å²) in [6.07, 6.45) is 4.65. The second-order valence-corrected chi connectivity index (χ2v) is 3.98. The van der Waals surface area contributed by atoms with Gasteiger partial charge in [-0.05, 0) is 31.5 Å². The molecule has 0 aromatic heterocycles. The third-order valence-corrected chi connectivity index (χ3v) is 2.48. The molecule has 1 rings (SSSR count). The molecule has 0 unspecified atom stereocenters.